The van der Waals surface area contributed by atoms with Crippen molar-refractivity contribution in [2.24, 2.45) is 5.92 Å². The molecule has 25 heavy (non-hydrogen) atoms. The first kappa shape index (κ1) is 20.0. The molecule has 1 atom stereocenters. The maximum atomic E-state index is 12.1. The number of ether oxygens (including phenoxy) is 1. The molecule has 1 amide bonds. The molecule has 0 saturated carbocycles. The predicted octanol–water partition coefficient (Wildman–Crippen LogP) is 2.50. The van der Waals surface area contributed by atoms with Crippen molar-refractivity contribution in [2.75, 3.05) is 46.4 Å². The molecule has 1 N–H and O–H groups in total. The van der Waals surface area contributed by atoms with Crippen LogP contribution < -0.4 is 10.1 Å². The number of amides is 1. The zero-order valence-corrected chi connectivity index (χ0v) is 16.3. The van der Waals surface area contributed by atoms with Crippen LogP contribution in [0.1, 0.15) is 20.3 Å². The highest BCUT2D eigenvalue weighted by Crippen LogP contribution is 2.16. The van der Waals surface area contributed by atoms with Gasteiger partial charge in [0.25, 0.3) is 5.91 Å². The van der Waals surface area contributed by atoms with Crippen LogP contribution in [0, 0.1) is 5.92 Å². The molecular formula is C19H30ClN3O2. The van der Waals surface area contributed by atoms with Gasteiger partial charge in [-0.1, -0.05) is 25.4 Å². The van der Waals surface area contributed by atoms with Crippen LogP contribution in [-0.4, -0.2) is 68.1 Å². The minimum Gasteiger partial charge on any atom is -0.484 e. The van der Waals surface area contributed by atoms with Gasteiger partial charge in [-0.2, -0.15) is 0 Å². The Kier molecular flexibility index (Phi) is 8.00. The Hall–Kier alpha value is -1.30. The Morgan fingerprint density at radius 1 is 1.20 bits per heavy atom. The van der Waals surface area contributed by atoms with Crippen LogP contribution in [0.2, 0.25) is 5.02 Å². The van der Waals surface area contributed by atoms with Gasteiger partial charge in [0.05, 0.1) is 0 Å². The average Bonchev–Trinajstić information content (AvgIpc) is 2.58. The fourth-order valence-corrected chi connectivity index (χ4v) is 3.18. The highest BCUT2D eigenvalue weighted by Gasteiger charge is 2.23. The van der Waals surface area contributed by atoms with Gasteiger partial charge in [-0.15, -0.1) is 0 Å². The van der Waals surface area contributed by atoms with E-state index in [4.69, 9.17) is 16.3 Å². The van der Waals surface area contributed by atoms with Gasteiger partial charge in [0, 0.05) is 43.8 Å². The van der Waals surface area contributed by atoms with Crippen LogP contribution >= 0.6 is 11.6 Å². The summed E-state index contributed by atoms with van der Waals surface area (Å²) >= 11 is 5.84. The van der Waals surface area contributed by atoms with Gasteiger partial charge in [0.15, 0.2) is 6.61 Å². The van der Waals surface area contributed by atoms with Crippen LogP contribution in [0.3, 0.4) is 0 Å². The van der Waals surface area contributed by atoms with Crippen LogP contribution in [-0.2, 0) is 4.79 Å². The molecule has 1 aromatic carbocycles. The van der Waals surface area contributed by atoms with Gasteiger partial charge >= 0.3 is 0 Å². The van der Waals surface area contributed by atoms with Gasteiger partial charge in [-0.05, 0) is 43.7 Å². The van der Waals surface area contributed by atoms with Gasteiger partial charge < -0.3 is 15.0 Å². The zero-order valence-electron chi connectivity index (χ0n) is 15.5. The number of carbonyl (C=O) groups is 1. The first-order valence-corrected chi connectivity index (χ1v) is 9.39. The summed E-state index contributed by atoms with van der Waals surface area (Å²) in [5.41, 5.74) is 0. The Morgan fingerprint density at radius 2 is 1.84 bits per heavy atom. The first-order chi connectivity index (χ1) is 11.9. The molecular weight excluding hydrogens is 338 g/mol. The van der Waals surface area contributed by atoms with Crippen molar-refractivity contribution in [1.29, 1.82) is 0 Å². The molecule has 0 bridgehead atoms. The molecule has 0 aromatic heterocycles. The quantitative estimate of drug-likeness (QED) is 0.766. The lowest BCUT2D eigenvalue weighted by atomic mass is 10.0. The molecule has 1 fully saturated rings. The molecule has 1 aromatic rings. The van der Waals surface area contributed by atoms with Crippen molar-refractivity contribution in [3.63, 3.8) is 0 Å². The second-order valence-electron chi connectivity index (χ2n) is 7.17. The van der Waals surface area contributed by atoms with E-state index >= 15 is 0 Å². The van der Waals surface area contributed by atoms with E-state index in [9.17, 15) is 4.79 Å². The highest BCUT2D eigenvalue weighted by atomic mass is 35.5. The Morgan fingerprint density at radius 3 is 2.44 bits per heavy atom. The molecule has 0 radical (unpaired) electrons. The monoisotopic (exact) mass is 367 g/mol. The van der Waals surface area contributed by atoms with Gasteiger partial charge in [-0.25, -0.2) is 0 Å². The van der Waals surface area contributed by atoms with E-state index in [0.29, 0.717) is 29.3 Å². The van der Waals surface area contributed by atoms with Crippen LogP contribution in [0.5, 0.6) is 5.75 Å². The molecule has 1 aliphatic rings. The number of nitrogens with zero attached hydrogens (tertiary/aromatic N) is 2. The molecule has 0 aliphatic carbocycles. The predicted molar refractivity (Wildman–Crippen MR) is 102 cm³/mol. The highest BCUT2D eigenvalue weighted by molar-refractivity contribution is 6.30. The third-order valence-electron chi connectivity index (χ3n) is 4.52. The fourth-order valence-electron chi connectivity index (χ4n) is 3.06. The average molecular weight is 368 g/mol. The van der Waals surface area contributed by atoms with Crippen molar-refractivity contribution < 1.29 is 9.53 Å². The third-order valence-corrected chi connectivity index (χ3v) is 4.77. The lowest BCUT2D eigenvalue weighted by Crippen LogP contribution is -2.53. The van der Waals surface area contributed by atoms with Crippen LogP contribution in [0.15, 0.2) is 24.3 Å². The second kappa shape index (κ2) is 10.00. The minimum absolute atomic E-state index is 0.0266. The summed E-state index contributed by atoms with van der Waals surface area (Å²) in [6, 6.07) is 7.41. The molecule has 2 rings (SSSR count). The Balaban J connectivity index is 1.78. The van der Waals surface area contributed by atoms with E-state index in [1.165, 1.54) is 0 Å². The molecule has 6 heteroatoms. The standard InChI is InChI=1S/C19H30ClN3O2/c1-15(2)12-17(23-10-8-22(3)9-11-23)13-21-19(24)14-25-18-6-4-16(20)5-7-18/h4-7,15,17H,8-14H2,1-3H3,(H,21,24). The molecule has 1 unspecified atom stereocenters. The van der Waals surface area contributed by atoms with E-state index in [2.05, 4.69) is 36.0 Å². The van der Waals surface area contributed by atoms with E-state index in [-0.39, 0.29) is 12.5 Å². The summed E-state index contributed by atoms with van der Waals surface area (Å²) in [5, 5.41) is 3.69. The van der Waals surface area contributed by atoms with Crippen LogP contribution in [0.25, 0.3) is 0 Å². The summed E-state index contributed by atoms with van der Waals surface area (Å²) in [6.45, 7) is 9.45. The minimum atomic E-state index is -0.0853. The number of piperazine rings is 1. The molecule has 5 nitrogen and oxygen atoms in total. The number of carbonyl (C=O) groups excluding carboxylic acids is 1. The smallest absolute Gasteiger partial charge is 0.257 e. The third kappa shape index (κ3) is 7.22. The molecule has 1 saturated heterocycles. The number of benzene rings is 1. The van der Waals surface area contributed by atoms with Gasteiger partial charge in [-0.3, -0.25) is 9.69 Å². The summed E-state index contributed by atoms with van der Waals surface area (Å²) in [6.07, 6.45) is 1.09. The number of hydrogen-bond acceptors (Lipinski definition) is 4. The largest absolute Gasteiger partial charge is 0.484 e. The van der Waals surface area contributed by atoms with E-state index < -0.39 is 0 Å². The maximum Gasteiger partial charge on any atom is 0.257 e. The van der Waals surface area contributed by atoms with Gasteiger partial charge in [0.1, 0.15) is 5.75 Å². The summed E-state index contributed by atoms with van der Waals surface area (Å²) in [7, 11) is 2.16. The Bertz CT molecular complexity index is 528. The summed E-state index contributed by atoms with van der Waals surface area (Å²) in [5.74, 6) is 1.17. The summed E-state index contributed by atoms with van der Waals surface area (Å²) in [4.78, 5) is 17.0. The number of halogens is 1. The van der Waals surface area contributed by atoms with E-state index in [1.807, 2.05) is 0 Å². The second-order valence-corrected chi connectivity index (χ2v) is 7.61. The Labute approximate surface area is 156 Å². The number of likely N-dealkylation sites (N-methyl/N-ethyl adjacent to an activating group) is 1. The fraction of sp³-hybridized carbons (Fsp3) is 0.632. The maximum absolute atomic E-state index is 12.1. The van der Waals surface area contributed by atoms with E-state index in [1.54, 1.807) is 24.3 Å². The molecule has 0 spiro atoms. The molecule has 1 heterocycles. The van der Waals surface area contributed by atoms with Crippen molar-refractivity contribution in [1.82, 2.24) is 15.1 Å². The summed E-state index contributed by atoms with van der Waals surface area (Å²) < 4.78 is 5.50. The number of nitrogens with one attached hydrogen (secondary N) is 1. The lowest BCUT2D eigenvalue weighted by molar-refractivity contribution is -0.123. The lowest BCUT2D eigenvalue weighted by Gasteiger charge is -2.38. The first-order valence-electron chi connectivity index (χ1n) is 9.01. The number of hydrogen-bond donors (Lipinski definition) is 1. The molecule has 140 valence electrons. The number of rotatable bonds is 8. The van der Waals surface area contributed by atoms with Crippen molar-refractivity contribution in [3.8, 4) is 5.75 Å². The normalized spacial score (nSPS) is 17.5. The SMILES string of the molecule is CC(C)CC(CNC(=O)COc1ccc(Cl)cc1)N1CCN(C)CC1. The van der Waals surface area contributed by atoms with Crippen molar-refractivity contribution in [2.45, 2.75) is 26.3 Å². The van der Waals surface area contributed by atoms with Crippen LogP contribution in [0.4, 0.5) is 0 Å². The van der Waals surface area contributed by atoms with Crippen molar-refractivity contribution >= 4 is 17.5 Å². The van der Waals surface area contributed by atoms with Gasteiger partial charge in [0.2, 0.25) is 0 Å². The zero-order chi connectivity index (χ0) is 18.2. The van der Waals surface area contributed by atoms with E-state index in [0.717, 1.165) is 32.6 Å². The van der Waals surface area contributed by atoms with Crippen molar-refractivity contribution in [3.05, 3.63) is 29.3 Å². The molecule has 1 aliphatic heterocycles. The topological polar surface area (TPSA) is 44.8 Å².